The van der Waals surface area contributed by atoms with Crippen molar-refractivity contribution in [1.29, 1.82) is 0 Å². The molecule has 1 rings (SSSR count). The summed E-state index contributed by atoms with van der Waals surface area (Å²) in [6.07, 6.45) is 1.94. The first kappa shape index (κ1) is 14.4. The van der Waals surface area contributed by atoms with Crippen molar-refractivity contribution in [1.82, 2.24) is 10.6 Å². The van der Waals surface area contributed by atoms with Crippen LogP contribution in [0, 0.1) is 5.92 Å². The predicted octanol–water partition coefficient (Wildman–Crippen LogP) is -0.0746. The molecule has 0 saturated carbocycles. The van der Waals surface area contributed by atoms with E-state index in [1.54, 1.807) is 0 Å². The Kier molecular flexibility index (Phi) is 5.39. The summed E-state index contributed by atoms with van der Waals surface area (Å²) >= 11 is 0. The number of nitrogens with one attached hydrogen (secondary N) is 2. The summed E-state index contributed by atoms with van der Waals surface area (Å²) < 4.78 is 23.2. The SMILES string of the molecule is CC(C)CS(=O)(=O)CC(=O)NC1CCCNC1. The quantitative estimate of drug-likeness (QED) is 0.727. The Labute approximate surface area is 103 Å². The lowest BCUT2D eigenvalue weighted by atomic mass is 10.1. The second-order valence-electron chi connectivity index (χ2n) is 5.06. The van der Waals surface area contributed by atoms with Crippen LogP contribution in [0.4, 0.5) is 0 Å². The van der Waals surface area contributed by atoms with Crippen molar-refractivity contribution in [2.24, 2.45) is 5.92 Å². The maximum atomic E-state index is 11.6. The second-order valence-corrected chi connectivity index (χ2v) is 7.17. The van der Waals surface area contributed by atoms with Gasteiger partial charge in [0, 0.05) is 12.6 Å². The molecule has 1 heterocycles. The van der Waals surface area contributed by atoms with Crippen LogP contribution in [0.2, 0.25) is 0 Å². The van der Waals surface area contributed by atoms with Gasteiger partial charge in [0.25, 0.3) is 0 Å². The van der Waals surface area contributed by atoms with Gasteiger partial charge in [-0.2, -0.15) is 0 Å². The molecule has 0 aromatic heterocycles. The van der Waals surface area contributed by atoms with Gasteiger partial charge in [0.2, 0.25) is 5.91 Å². The van der Waals surface area contributed by atoms with Crippen LogP contribution in [0.1, 0.15) is 26.7 Å². The first-order chi connectivity index (χ1) is 7.89. The van der Waals surface area contributed by atoms with Gasteiger partial charge in [0.05, 0.1) is 5.75 Å². The molecule has 1 atom stereocenters. The van der Waals surface area contributed by atoms with Crippen LogP contribution in [-0.2, 0) is 14.6 Å². The zero-order valence-corrected chi connectivity index (χ0v) is 11.3. The molecule has 0 aromatic rings. The number of rotatable bonds is 5. The summed E-state index contributed by atoms with van der Waals surface area (Å²) in [7, 11) is -3.26. The minimum atomic E-state index is -3.26. The molecule has 17 heavy (non-hydrogen) atoms. The Bertz CT molecular complexity index is 346. The number of hydrogen-bond acceptors (Lipinski definition) is 4. The monoisotopic (exact) mass is 262 g/mol. The number of amides is 1. The lowest BCUT2D eigenvalue weighted by Crippen LogP contribution is -2.47. The highest BCUT2D eigenvalue weighted by molar-refractivity contribution is 7.92. The first-order valence-electron chi connectivity index (χ1n) is 6.09. The van der Waals surface area contributed by atoms with Crippen molar-refractivity contribution >= 4 is 15.7 Å². The molecule has 6 heteroatoms. The molecule has 1 aliphatic heterocycles. The Morgan fingerprint density at radius 1 is 1.47 bits per heavy atom. The lowest BCUT2D eigenvalue weighted by Gasteiger charge is -2.23. The normalized spacial score (nSPS) is 21.5. The van der Waals surface area contributed by atoms with Crippen LogP contribution < -0.4 is 10.6 Å². The minimum absolute atomic E-state index is 0.0594. The summed E-state index contributed by atoms with van der Waals surface area (Å²) in [5, 5.41) is 5.94. The largest absolute Gasteiger partial charge is 0.351 e. The van der Waals surface area contributed by atoms with Gasteiger partial charge in [-0.15, -0.1) is 0 Å². The van der Waals surface area contributed by atoms with Gasteiger partial charge in [-0.3, -0.25) is 4.79 Å². The average molecular weight is 262 g/mol. The number of carbonyl (C=O) groups excluding carboxylic acids is 1. The fourth-order valence-corrected chi connectivity index (χ4v) is 3.63. The maximum Gasteiger partial charge on any atom is 0.235 e. The zero-order chi connectivity index (χ0) is 12.9. The third-order valence-corrected chi connectivity index (χ3v) is 4.48. The van der Waals surface area contributed by atoms with Crippen LogP contribution in [0.3, 0.4) is 0 Å². The van der Waals surface area contributed by atoms with Crippen molar-refractivity contribution in [3.8, 4) is 0 Å². The van der Waals surface area contributed by atoms with Gasteiger partial charge in [-0.05, 0) is 25.3 Å². The van der Waals surface area contributed by atoms with Crippen LogP contribution in [0.25, 0.3) is 0 Å². The van der Waals surface area contributed by atoms with Gasteiger partial charge in [0.15, 0.2) is 9.84 Å². The molecule has 0 spiro atoms. The zero-order valence-electron chi connectivity index (χ0n) is 10.5. The number of hydrogen-bond donors (Lipinski definition) is 2. The van der Waals surface area contributed by atoms with E-state index in [0.29, 0.717) is 0 Å². The van der Waals surface area contributed by atoms with E-state index in [0.717, 1.165) is 25.9 Å². The Hall–Kier alpha value is -0.620. The van der Waals surface area contributed by atoms with E-state index >= 15 is 0 Å². The van der Waals surface area contributed by atoms with Gasteiger partial charge in [-0.25, -0.2) is 8.42 Å². The van der Waals surface area contributed by atoms with E-state index in [-0.39, 0.29) is 29.4 Å². The summed E-state index contributed by atoms with van der Waals surface area (Å²) in [6, 6.07) is 0.0745. The smallest absolute Gasteiger partial charge is 0.235 e. The molecular formula is C11H22N2O3S. The standard InChI is InChI=1S/C11H22N2O3S/c1-9(2)7-17(15,16)8-11(14)13-10-4-3-5-12-6-10/h9-10,12H,3-8H2,1-2H3,(H,13,14). The molecule has 0 bridgehead atoms. The fraction of sp³-hybridized carbons (Fsp3) is 0.909. The Balaban J connectivity index is 2.38. The Morgan fingerprint density at radius 2 is 2.18 bits per heavy atom. The molecule has 2 N–H and O–H groups in total. The summed E-state index contributed by atoms with van der Waals surface area (Å²) in [4.78, 5) is 11.6. The van der Waals surface area contributed by atoms with Crippen LogP contribution >= 0.6 is 0 Å². The second kappa shape index (κ2) is 6.35. The molecule has 100 valence electrons. The minimum Gasteiger partial charge on any atom is -0.351 e. The van der Waals surface area contributed by atoms with E-state index in [2.05, 4.69) is 10.6 Å². The molecule has 1 fully saturated rings. The summed E-state index contributed by atoms with van der Waals surface area (Å²) in [5.74, 6) is -0.631. The van der Waals surface area contributed by atoms with Gasteiger partial charge in [-0.1, -0.05) is 13.8 Å². The lowest BCUT2D eigenvalue weighted by molar-refractivity contribution is -0.119. The first-order valence-corrected chi connectivity index (χ1v) is 7.91. The van der Waals surface area contributed by atoms with E-state index in [1.807, 2.05) is 13.8 Å². The van der Waals surface area contributed by atoms with Gasteiger partial charge in [0.1, 0.15) is 5.75 Å². The van der Waals surface area contributed by atoms with Crippen molar-refractivity contribution in [3.63, 3.8) is 0 Å². The molecule has 1 aliphatic rings. The van der Waals surface area contributed by atoms with Crippen molar-refractivity contribution < 1.29 is 13.2 Å². The van der Waals surface area contributed by atoms with Crippen molar-refractivity contribution in [2.75, 3.05) is 24.6 Å². The van der Waals surface area contributed by atoms with Gasteiger partial charge < -0.3 is 10.6 Å². The molecule has 5 nitrogen and oxygen atoms in total. The highest BCUT2D eigenvalue weighted by Crippen LogP contribution is 2.03. The molecular weight excluding hydrogens is 240 g/mol. The third-order valence-electron chi connectivity index (χ3n) is 2.60. The van der Waals surface area contributed by atoms with E-state index in [9.17, 15) is 13.2 Å². The van der Waals surface area contributed by atoms with E-state index in [4.69, 9.17) is 0 Å². The van der Waals surface area contributed by atoms with Crippen molar-refractivity contribution in [2.45, 2.75) is 32.7 Å². The highest BCUT2D eigenvalue weighted by atomic mass is 32.2. The van der Waals surface area contributed by atoms with Crippen molar-refractivity contribution in [3.05, 3.63) is 0 Å². The molecule has 0 aromatic carbocycles. The molecule has 0 radical (unpaired) electrons. The maximum absolute atomic E-state index is 11.6. The van der Waals surface area contributed by atoms with Gasteiger partial charge >= 0.3 is 0 Å². The molecule has 1 unspecified atom stereocenters. The molecule has 1 saturated heterocycles. The molecule has 0 aliphatic carbocycles. The number of piperidine rings is 1. The highest BCUT2D eigenvalue weighted by Gasteiger charge is 2.21. The summed E-state index contributed by atoms with van der Waals surface area (Å²) in [5.41, 5.74) is 0. The van der Waals surface area contributed by atoms with Crippen LogP contribution in [0.15, 0.2) is 0 Å². The van der Waals surface area contributed by atoms with Crippen LogP contribution in [-0.4, -0.2) is 45.0 Å². The topological polar surface area (TPSA) is 75.3 Å². The molecule has 1 amide bonds. The third kappa shape index (κ3) is 6.02. The fourth-order valence-electron chi connectivity index (χ4n) is 2.01. The Morgan fingerprint density at radius 3 is 2.71 bits per heavy atom. The average Bonchev–Trinajstić information content (AvgIpc) is 2.15. The van der Waals surface area contributed by atoms with E-state index < -0.39 is 9.84 Å². The number of sulfone groups is 1. The van der Waals surface area contributed by atoms with E-state index in [1.165, 1.54) is 0 Å². The number of carbonyl (C=O) groups is 1. The summed E-state index contributed by atoms with van der Waals surface area (Å²) in [6.45, 7) is 5.37. The van der Waals surface area contributed by atoms with Crippen LogP contribution in [0.5, 0.6) is 0 Å². The predicted molar refractivity (Wildman–Crippen MR) is 67.5 cm³/mol.